The summed E-state index contributed by atoms with van der Waals surface area (Å²) in [7, 11) is 3.21. The lowest BCUT2D eigenvalue weighted by Crippen LogP contribution is -2.58. The van der Waals surface area contributed by atoms with Crippen molar-refractivity contribution in [3.63, 3.8) is 0 Å². The van der Waals surface area contributed by atoms with Crippen molar-refractivity contribution in [2.24, 2.45) is 11.3 Å². The van der Waals surface area contributed by atoms with Crippen LogP contribution in [0.25, 0.3) is 0 Å². The molecular formula is C25H34F3N5O4. The zero-order chi connectivity index (χ0) is 26.4. The van der Waals surface area contributed by atoms with Crippen molar-refractivity contribution >= 4 is 11.9 Å². The third kappa shape index (κ3) is 4.67. The van der Waals surface area contributed by atoms with Crippen LogP contribution in [0, 0.1) is 11.3 Å². The molecule has 5 rings (SSSR count). The molecule has 3 aliphatic heterocycles. The van der Waals surface area contributed by atoms with Gasteiger partial charge in [-0.1, -0.05) is 6.42 Å². The van der Waals surface area contributed by atoms with Gasteiger partial charge in [-0.05, 0) is 30.9 Å². The number of pyridine rings is 1. The number of ether oxygens (including phenoxy) is 2. The Hall–Kier alpha value is -2.44. The van der Waals surface area contributed by atoms with Crippen molar-refractivity contribution in [1.29, 1.82) is 0 Å². The van der Waals surface area contributed by atoms with E-state index in [9.17, 15) is 22.8 Å². The van der Waals surface area contributed by atoms with Gasteiger partial charge in [-0.25, -0.2) is 4.79 Å². The van der Waals surface area contributed by atoms with Crippen molar-refractivity contribution in [2.75, 3.05) is 40.5 Å². The topological polar surface area (TPSA) is 96.0 Å². The minimum Gasteiger partial charge on any atom is -0.379 e. The van der Waals surface area contributed by atoms with Crippen LogP contribution >= 0.6 is 0 Å². The number of nitrogens with zero attached hydrogens (tertiary/aromatic N) is 3. The van der Waals surface area contributed by atoms with Crippen molar-refractivity contribution < 1.29 is 32.2 Å². The Labute approximate surface area is 214 Å². The molecule has 3 unspecified atom stereocenters. The van der Waals surface area contributed by atoms with Gasteiger partial charge < -0.3 is 24.6 Å². The maximum Gasteiger partial charge on any atom is 0.417 e. The van der Waals surface area contributed by atoms with Crippen LogP contribution < -0.4 is 10.6 Å². The highest BCUT2D eigenvalue weighted by Crippen LogP contribution is 2.53. The molecule has 0 radical (unpaired) electrons. The molecule has 9 nitrogen and oxygen atoms in total. The van der Waals surface area contributed by atoms with Gasteiger partial charge in [0, 0.05) is 70.7 Å². The number of carbonyl (C=O) groups is 2. The lowest BCUT2D eigenvalue weighted by Gasteiger charge is -2.38. The number of carbonyl (C=O) groups excluding carboxylic acids is 2. The number of hydrogen-bond acceptors (Lipinski definition) is 6. The summed E-state index contributed by atoms with van der Waals surface area (Å²) in [6.07, 6.45) is -0.770. The quantitative estimate of drug-likeness (QED) is 0.626. The Morgan fingerprint density at radius 3 is 2.84 bits per heavy atom. The van der Waals surface area contributed by atoms with E-state index >= 15 is 0 Å². The summed E-state index contributed by atoms with van der Waals surface area (Å²) >= 11 is 0. The summed E-state index contributed by atoms with van der Waals surface area (Å²) in [6.45, 7) is 1.78. The first-order valence-corrected chi connectivity index (χ1v) is 12.9. The standard InChI is InChI=1S/C25H34F3N5O4/c1-29-23(35)33-14-24(7-3-4-17(24)21(33)31-19-6-9-37-13-20(19)36-2)22(34)32-8-5-18-15(12-32)10-16(11-30-18)25(26,27)28/h10-11,17,19-21,31H,3-9,12-14H2,1-2H3,(H,29,35)/t17?,19-,20+,21?,24?/m0/s1. The van der Waals surface area contributed by atoms with E-state index in [0.29, 0.717) is 43.9 Å². The van der Waals surface area contributed by atoms with Crippen LogP contribution in [-0.4, -0.2) is 85.5 Å². The number of hydrogen-bond donors (Lipinski definition) is 2. The summed E-state index contributed by atoms with van der Waals surface area (Å²) in [5.41, 5.74) is -0.565. The summed E-state index contributed by atoms with van der Waals surface area (Å²) in [5.74, 6) is -0.204. The maximum absolute atomic E-state index is 14.2. The molecule has 0 bridgehead atoms. The number of halogens is 3. The Morgan fingerprint density at radius 1 is 1.30 bits per heavy atom. The molecule has 204 valence electrons. The average Bonchev–Trinajstić information content (AvgIpc) is 3.45. The molecule has 1 aromatic rings. The predicted molar refractivity (Wildman–Crippen MR) is 126 cm³/mol. The number of amides is 3. The first-order chi connectivity index (χ1) is 17.7. The molecule has 3 fully saturated rings. The highest BCUT2D eigenvalue weighted by atomic mass is 19.4. The van der Waals surface area contributed by atoms with Gasteiger partial charge in [0.25, 0.3) is 0 Å². The van der Waals surface area contributed by atoms with Crippen molar-refractivity contribution in [3.05, 3.63) is 29.1 Å². The molecule has 0 aromatic carbocycles. The largest absolute Gasteiger partial charge is 0.417 e. The van der Waals surface area contributed by atoms with Crippen LogP contribution in [0.4, 0.5) is 18.0 Å². The van der Waals surface area contributed by atoms with E-state index in [4.69, 9.17) is 9.47 Å². The first kappa shape index (κ1) is 26.2. The molecule has 37 heavy (non-hydrogen) atoms. The number of nitrogens with one attached hydrogen (secondary N) is 2. The van der Waals surface area contributed by atoms with Crippen molar-refractivity contribution in [1.82, 2.24) is 25.4 Å². The summed E-state index contributed by atoms with van der Waals surface area (Å²) in [4.78, 5) is 34.5. The molecule has 1 aliphatic carbocycles. The van der Waals surface area contributed by atoms with Crippen molar-refractivity contribution in [2.45, 2.75) is 63.1 Å². The van der Waals surface area contributed by atoms with Gasteiger partial charge in [-0.2, -0.15) is 13.2 Å². The van der Waals surface area contributed by atoms with Crippen LogP contribution in [0.15, 0.2) is 12.3 Å². The average molecular weight is 526 g/mol. The van der Waals surface area contributed by atoms with Gasteiger partial charge in [0.1, 0.15) is 0 Å². The molecule has 1 aromatic heterocycles. The summed E-state index contributed by atoms with van der Waals surface area (Å²) in [5, 5.41) is 6.34. The highest BCUT2D eigenvalue weighted by molar-refractivity contribution is 5.86. The molecule has 12 heteroatoms. The molecule has 2 saturated heterocycles. The monoisotopic (exact) mass is 525 g/mol. The Morgan fingerprint density at radius 2 is 2.11 bits per heavy atom. The van der Waals surface area contributed by atoms with Gasteiger partial charge in [0.2, 0.25) is 5.91 Å². The maximum atomic E-state index is 14.2. The Kier molecular flexibility index (Phi) is 7.10. The first-order valence-electron chi connectivity index (χ1n) is 12.9. The van der Waals surface area contributed by atoms with Crippen LogP contribution in [0.1, 0.15) is 42.5 Å². The second kappa shape index (κ2) is 10.0. The van der Waals surface area contributed by atoms with E-state index in [1.807, 2.05) is 0 Å². The molecule has 5 atom stereocenters. The Bertz CT molecular complexity index is 1040. The van der Waals surface area contributed by atoms with Crippen LogP contribution in [0.5, 0.6) is 0 Å². The van der Waals surface area contributed by atoms with Crippen LogP contribution in [0.3, 0.4) is 0 Å². The number of likely N-dealkylation sites (tertiary alicyclic amines) is 1. The van der Waals surface area contributed by atoms with Crippen LogP contribution in [0.2, 0.25) is 0 Å². The summed E-state index contributed by atoms with van der Waals surface area (Å²) in [6, 6.07) is 0.816. The fourth-order valence-electron chi connectivity index (χ4n) is 6.68. The molecule has 4 heterocycles. The third-order valence-corrected chi connectivity index (χ3v) is 8.56. The van der Waals surface area contributed by atoms with E-state index in [2.05, 4.69) is 15.6 Å². The molecule has 4 aliphatic rings. The minimum absolute atomic E-state index is 0.0314. The lowest BCUT2D eigenvalue weighted by molar-refractivity contribution is -0.144. The highest BCUT2D eigenvalue weighted by Gasteiger charge is 2.61. The minimum atomic E-state index is -4.49. The normalized spacial score (nSPS) is 31.7. The number of alkyl halides is 3. The van der Waals surface area contributed by atoms with E-state index in [-0.39, 0.29) is 49.3 Å². The number of aromatic nitrogens is 1. The van der Waals surface area contributed by atoms with E-state index < -0.39 is 17.2 Å². The second-order valence-electron chi connectivity index (χ2n) is 10.5. The smallest absolute Gasteiger partial charge is 0.379 e. The zero-order valence-corrected chi connectivity index (χ0v) is 21.1. The third-order valence-electron chi connectivity index (χ3n) is 8.56. The SMILES string of the molecule is CNC(=O)N1CC2(C(=O)N3CCc4ncc(C(F)(F)F)cc4C3)CCCC2C1N[C@H]1CCOC[C@H]1OC. The fourth-order valence-corrected chi connectivity index (χ4v) is 6.68. The van der Waals surface area contributed by atoms with Gasteiger partial charge in [-0.15, -0.1) is 0 Å². The molecule has 2 N–H and O–H groups in total. The second-order valence-corrected chi connectivity index (χ2v) is 10.5. The van der Waals surface area contributed by atoms with E-state index in [1.54, 1.807) is 24.0 Å². The van der Waals surface area contributed by atoms with E-state index in [0.717, 1.165) is 31.5 Å². The van der Waals surface area contributed by atoms with Gasteiger partial charge in [-0.3, -0.25) is 15.1 Å². The van der Waals surface area contributed by atoms with Crippen LogP contribution in [-0.2, 0) is 33.4 Å². The zero-order valence-electron chi connectivity index (χ0n) is 21.1. The number of methoxy groups -OCH3 is 1. The molecular weight excluding hydrogens is 491 g/mol. The molecule has 1 saturated carbocycles. The Balaban J connectivity index is 1.41. The fraction of sp³-hybridized carbons (Fsp3) is 0.720. The number of rotatable bonds is 4. The summed E-state index contributed by atoms with van der Waals surface area (Å²) < 4.78 is 51.0. The van der Waals surface area contributed by atoms with Gasteiger partial charge >= 0.3 is 12.2 Å². The van der Waals surface area contributed by atoms with E-state index in [1.165, 1.54) is 0 Å². The molecule has 0 spiro atoms. The molecule has 3 amide bonds. The van der Waals surface area contributed by atoms with Gasteiger partial charge in [0.15, 0.2) is 0 Å². The van der Waals surface area contributed by atoms with Gasteiger partial charge in [0.05, 0.1) is 29.9 Å². The number of urea groups is 1. The number of fused-ring (bicyclic) bond motifs is 2. The van der Waals surface area contributed by atoms with Crippen molar-refractivity contribution in [3.8, 4) is 0 Å². The predicted octanol–water partition coefficient (Wildman–Crippen LogP) is 2.15. The lowest BCUT2D eigenvalue weighted by atomic mass is 9.77.